The second kappa shape index (κ2) is 64.4. The molecule has 0 aromatic heterocycles. The average Bonchev–Trinajstić information content (AvgIpc) is 1.21. The van der Waals surface area contributed by atoms with Gasteiger partial charge in [0.15, 0.2) is 12.2 Å². The number of aliphatic hydroxyl groups is 1. The van der Waals surface area contributed by atoms with Crippen molar-refractivity contribution in [3.63, 3.8) is 0 Å². The zero-order valence-corrected chi connectivity index (χ0v) is 63.4. The molecule has 17 nitrogen and oxygen atoms in total. The van der Waals surface area contributed by atoms with Crippen LogP contribution in [-0.4, -0.2) is 96.7 Å². The fourth-order valence-electron chi connectivity index (χ4n) is 11.3. The maximum atomic E-state index is 13.1. The lowest BCUT2D eigenvalue weighted by Crippen LogP contribution is -2.30. The number of unbranched alkanes of at least 4 members (excludes halogenated alkanes) is 36. The Labute approximate surface area is 575 Å². The SMILES string of the molecule is CCC(C)CCCCCCCCCCCCC(=O)O[C@H](COC(=O)CCCCCCCCCCCCCCCCCCC(C)C)COP(=O)(O)OC[C@@H](O)COP(=O)(O)OC[C@@H](COC(=O)CCCCCCCCC(C)CC)OC(=O)CCCCCCCCCCC(C)C. The fraction of sp³-hybridized carbons (Fsp3) is 0.947. The van der Waals surface area contributed by atoms with Gasteiger partial charge in [-0.25, -0.2) is 9.13 Å². The van der Waals surface area contributed by atoms with Gasteiger partial charge in [0.2, 0.25) is 0 Å². The lowest BCUT2D eigenvalue weighted by molar-refractivity contribution is -0.161. The number of phosphoric acid groups is 2. The number of aliphatic hydroxyl groups excluding tert-OH is 1. The summed E-state index contributed by atoms with van der Waals surface area (Å²) in [6.45, 7) is 14.2. The van der Waals surface area contributed by atoms with Crippen molar-refractivity contribution in [3.05, 3.63) is 0 Å². The van der Waals surface area contributed by atoms with Crippen LogP contribution in [0.2, 0.25) is 0 Å². The van der Waals surface area contributed by atoms with Gasteiger partial charge < -0.3 is 33.8 Å². The Morgan fingerprint density at radius 3 is 0.755 bits per heavy atom. The first-order valence-corrected chi connectivity index (χ1v) is 41.8. The van der Waals surface area contributed by atoms with Crippen molar-refractivity contribution in [1.82, 2.24) is 0 Å². The lowest BCUT2D eigenvalue weighted by atomic mass is 9.99. The Balaban J connectivity index is 5.22. The summed E-state index contributed by atoms with van der Waals surface area (Å²) in [4.78, 5) is 72.7. The highest BCUT2D eigenvalue weighted by molar-refractivity contribution is 7.47. The van der Waals surface area contributed by atoms with Crippen molar-refractivity contribution in [1.29, 1.82) is 0 Å². The van der Waals surface area contributed by atoms with E-state index in [2.05, 4.69) is 55.4 Å². The highest BCUT2D eigenvalue weighted by atomic mass is 31.2. The quantitative estimate of drug-likeness (QED) is 0.0222. The van der Waals surface area contributed by atoms with E-state index in [-0.39, 0.29) is 25.7 Å². The Morgan fingerprint density at radius 1 is 0.298 bits per heavy atom. The maximum Gasteiger partial charge on any atom is 0.472 e. The molecule has 4 unspecified atom stereocenters. The molecule has 0 saturated carbocycles. The zero-order valence-electron chi connectivity index (χ0n) is 61.6. The molecule has 0 spiro atoms. The smallest absolute Gasteiger partial charge is 0.462 e. The van der Waals surface area contributed by atoms with Crippen LogP contribution >= 0.6 is 15.6 Å². The Bertz CT molecular complexity index is 1850. The van der Waals surface area contributed by atoms with Crippen LogP contribution in [0.25, 0.3) is 0 Å². The van der Waals surface area contributed by atoms with Gasteiger partial charge >= 0.3 is 39.5 Å². The third-order valence-electron chi connectivity index (χ3n) is 18.0. The van der Waals surface area contributed by atoms with Crippen LogP contribution < -0.4 is 0 Å². The summed E-state index contributed by atoms with van der Waals surface area (Å²) in [5.74, 6) is 0.939. The molecule has 94 heavy (non-hydrogen) atoms. The number of carbonyl (C=O) groups is 4. The summed E-state index contributed by atoms with van der Waals surface area (Å²) in [5, 5.41) is 10.6. The summed E-state index contributed by atoms with van der Waals surface area (Å²) < 4.78 is 68.4. The molecule has 0 amide bonds. The predicted molar refractivity (Wildman–Crippen MR) is 381 cm³/mol. The van der Waals surface area contributed by atoms with E-state index in [0.717, 1.165) is 120 Å². The Morgan fingerprint density at radius 2 is 0.511 bits per heavy atom. The third-order valence-corrected chi connectivity index (χ3v) is 19.9. The van der Waals surface area contributed by atoms with E-state index in [0.29, 0.717) is 25.7 Å². The summed E-state index contributed by atoms with van der Waals surface area (Å²) in [6, 6.07) is 0. The normalized spacial score (nSPS) is 14.7. The molecule has 0 bridgehead atoms. The first-order valence-electron chi connectivity index (χ1n) is 38.8. The van der Waals surface area contributed by atoms with Gasteiger partial charge in [0.05, 0.1) is 26.4 Å². The number of rotatable bonds is 72. The minimum atomic E-state index is -4.96. The molecule has 558 valence electrons. The van der Waals surface area contributed by atoms with Crippen molar-refractivity contribution < 1.29 is 80.2 Å². The predicted octanol–water partition coefficient (Wildman–Crippen LogP) is 21.7. The Kier molecular flexibility index (Phi) is 63.1. The van der Waals surface area contributed by atoms with Gasteiger partial charge in [0, 0.05) is 25.7 Å². The highest BCUT2D eigenvalue weighted by Crippen LogP contribution is 2.45. The van der Waals surface area contributed by atoms with Gasteiger partial charge in [0.1, 0.15) is 19.3 Å². The topological polar surface area (TPSA) is 237 Å². The molecule has 0 radical (unpaired) electrons. The zero-order chi connectivity index (χ0) is 69.6. The molecule has 0 aromatic rings. The van der Waals surface area contributed by atoms with Crippen molar-refractivity contribution >= 4 is 39.5 Å². The summed E-state index contributed by atoms with van der Waals surface area (Å²) in [5.41, 5.74) is 0. The Hall–Kier alpha value is -1.94. The third kappa shape index (κ3) is 66.0. The standard InChI is InChI=1S/C75H146O17P2/c1-9-67(7)53-45-37-29-22-19-20-24-31-41-49-57-74(79)91-70(61-85-72(77)55-47-39-30-23-18-16-14-12-11-13-15-17-21-27-35-43-51-65(3)4)63-89-93(81,82)87-59-69(76)60-88-94(83,84)90-64-71(62-86-73(78)56-48-40-34-33-38-46-54-68(8)10-2)92-75(80)58-50-42-32-26-25-28-36-44-52-66(5)6/h65-71,76H,9-64H2,1-8H3,(H,81,82)(H,83,84)/t67?,68?,69-,70-,71-/m1/s1. The second-order valence-electron chi connectivity index (χ2n) is 28.5. The summed E-state index contributed by atoms with van der Waals surface area (Å²) >= 11 is 0. The van der Waals surface area contributed by atoms with E-state index < -0.39 is 97.5 Å². The molecule has 0 aliphatic heterocycles. The highest BCUT2D eigenvalue weighted by Gasteiger charge is 2.30. The van der Waals surface area contributed by atoms with Crippen LogP contribution in [0.3, 0.4) is 0 Å². The van der Waals surface area contributed by atoms with Crippen LogP contribution in [0, 0.1) is 23.7 Å². The molecule has 0 aliphatic rings. The molecule has 0 aromatic carbocycles. The molecular weight excluding hydrogens is 1230 g/mol. The van der Waals surface area contributed by atoms with E-state index in [1.54, 1.807) is 0 Å². The first kappa shape index (κ1) is 92.1. The first-order chi connectivity index (χ1) is 45.2. The summed E-state index contributed by atoms with van der Waals surface area (Å²) in [7, 11) is -9.91. The van der Waals surface area contributed by atoms with Crippen molar-refractivity contribution in [2.75, 3.05) is 39.6 Å². The van der Waals surface area contributed by atoms with Gasteiger partial charge in [-0.15, -0.1) is 0 Å². The van der Waals surface area contributed by atoms with Gasteiger partial charge in [-0.2, -0.15) is 0 Å². The number of hydrogen-bond donors (Lipinski definition) is 3. The molecule has 0 rings (SSSR count). The molecule has 7 atom stereocenters. The van der Waals surface area contributed by atoms with E-state index in [1.165, 1.54) is 173 Å². The number of hydrogen-bond acceptors (Lipinski definition) is 15. The average molecular weight is 1380 g/mol. The molecule has 0 aliphatic carbocycles. The maximum absolute atomic E-state index is 13.1. The van der Waals surface area contributed by atoms with Crippen LogP contribution in [0.4, 0.5) is 0 Å². The lowest BCUT2D eigenvalue weighted by Gasteiger charge is -2.21. The largest absolute Gasteiger partial charge is 0.472 e. The molecule has 0 saturated heterocycles. The van der Waals surface area contributed by atoms with Crippen molar-refractivity contribution in [2.24, 2.45) is 23.7 Å². The van der Waals surface area contributed by atoms with Gasteiger partial charge in [-0.1, -0.05) is 325 Å². The van der Waals surface area contributed by atoms with Crippen LogP contribution in [0.5, 0.6) is 0 Å². The van der Waals surface area contributed by atoms with Gasteiger partial charge in [0.25, 0.3) is 0 Å². The number of esters is 4. The minimum Gasteiger partial charge on any atom is -0.462 e. The monoisotopic (exact) mass is 1380 g/mol. The molecule has 19 heteroatoms. The molecule has 0 fully saturated rings. The molecule has 3 N–H and O–H groups in total. The molecule has 0 heterocycles. The molecular formula is C75H146O17P2. The van der Waals surface area contributed by atoms with Gasteiger partial charge in [-0.3, -0.25) is 37.3 Å². The number of ether oxygens (including phenoxy) is 4. The van der Waals surface area contributed by atoms with Crippen LogP contribution in [0.15, 0.2) is 0 Å². The van der Waals surface area contributed by atoms with E-state index in [9.17, 15) is 43.2 Å². The number of carbonyl (C=O) groups excluding carboxylic acids is 4. The van der Waals surface area contributed by atoms with E-state index in [4.69, 9.17) is 37.0 Å². The van der Waals surface area contributed by atoms with Crippen molar-refractivity contribution in [2.45, 2.75) is 395 Å². The second-order valence-corrected chi connectivity index (χ2v) is 31.4. The fourth-order valence-corrected chi connectivity index (χ4v) is 12.9. The van der Waals surface area contributed by atoms with E-state index >= 15 is 0 Å². The van der Waals surface area contributed by atoms with Crippen LogP contribution in [-0.2, 0) is 65.4 Å². The van der Waals surface area contributed by atoms with E-state index in [1.807, 2.05) is 0 Å². The summed E-state index contributed by atoms with van der Waals surface area (Å²) in [6.07, 6.45) is 48.6. The van der Waals surface area contributed by atoms with Crippen molar-refractivity contribution in [3.8, 4) is 0 Å². The number of phosphoric ester groups is 2. The minimum absolute atomic E-state index is 0.103. The van der Waals surface area contributed by atoms with Crippen LogP contribution in [0.1, 0.15) is 376 Å². The van der Waals surface area contributed by atoms with Gasteiger partial charge in [-0.05, 0) is 49.4 Å².